The van der Waals surface area contributed by atoms with Gasteiger partial charge in [-0.1, -0.05) is 11.3 Å². The molecule has 0 amide bonds. The lowest BCUT2D eigenvalue weighted by Crippen LogP contribution is -2.38. The molecule has 4 nitrogen and oxygen atoms in total. The van der Waals surface area contributed by atoms with Gasteiger partial charge in [-0.2, -0.15) is 0 Å². The summed E-state index contributed by atoms with van der Waals surface area (Å²) < 4.78 is 1.15. The quantitative estimate of drug-likeness (QED) is 0.757. The normalized spacial score (nSPS) is 21.0. The highest BCUT2D eigenvalue weighted by Gasteiger charge is 2.20. The van der Waals surface area contributed by atoms with Crippen molar-refractivity contribution in [3.8, 4) is 0 Å². The van der Waals surface area contributed by atoms with Crippen LogP contribution in [-0.2, 0) is 0 Å². The van der Waals surface area contributed by atoms with E-state index in [1.807, 2.05) is 18.2 Å². The molecule has 1 fully saturated rings. The summed E-state index contributed by atoms with van der Waals surface area (Å²) in [4.78, 5) is 6.75. The molecule has 1 aromatic carbocycles. The Morgan fingerprint density at radius 3 is 3.18 bits per heavy atom. The van der Waals surface area contributed by atoms with E-state index in [0.717, 1.165) is 40.4 Å². The monoisotopic (exact) mass is 249 g/mol. The van der Waals surface area contributed by atoms with E-state index < -0.39 is 0 Å². The zero-order valence-corrected chi connectivity index (χ0v) is 10.3. The molecule has 90 valence electrons. The number of β-amino-alcohol motifs (C(OH)–C–C–N with tert-alkyl or cyclic N) is 1. The zero-order valence-electron chi connectivity index (χ0n) is 9.47. The fourth-order valence-corrected chi connectivity index (χ4v) is 3.18. The predicted octanol–water partition coefficient (Wildman–Crippen LogP) is 1.84. The van der Waals surface area contributed by atoms with E-state index in [1.165, 1.54) is 0 Å². The molecule has 0 unspecified atom stereocenters. The Balaban J connectivity index is 1.94. The number of aliphatic hydroxyl groups excluding tert-OH is 1. The second-order valence-corrected chi connectivity index (χ2v) is 5.47. The summed E-state index contributed by atoms with van der Waals surface area (Å²) in [5.41, 5.74) is 7.44. The number of rotatable bonds is 1. The Labute approximate surface area is 104 Å². The minimum Gasteiger partial charge on any atom is -0.399 e. The first-order chi connectivity index (χ1) is 8.22. The van der Waals surface area contributed by atoms with Gasteiger partial charge in [0.25, 0.3) is 0 Å². The van der Waals surface area contributed by atoms with Crippen LogP contribution in [0, 0.1) is 0 Å². The third-order valence-corrected chi connectivity index (χ3v) is 4.16. The Morgan fingerprint density at radius 2 is 2.35 bits per heavy atom. The lowest BCUT2D eigenvalue weighted by Gasteiger charge is -2.29. The Kier molecular flexibility index (Phi) is 2.64. The van der Waals surface area contributed by atoms with Gasteiger partial charge in [-0.05, 0) is 31.0 Å². The van der Waals surface area contributed by atoms with Crippen molar-refractivity contribution < 1.29 is 5.11 Å². The summed E-state index contributed by atoms with van der Waals surface area (Å²) in [6, 6.07) is 5.80. The lowest BCUT2D eigenvalue weighted by molar-refractivity contribution is 0.154. The number of nitrogens with zero attached hydrogens (tertiary/aromatic N) is 2. The number of aromatic nitrogens is 1. The first-order valence-electron chi connectivity index (χ1n) is 5.81. The number of piperidine rings is 1. The third-order valence-electron chi connectivity index (χ3n) is 3.07. The van der Waals surface area contributed by atoms with E-state index in [4.69, 9.17) is 5.73 Å². The van der Waals surface area contributed by atoms with Crippen molar-refractivity contribution in [3.05, 3.63) is 18.2 Å². The first kappa shape index (κ1) is 10.8. The van der Waals surface area contributed by atoms with Crippen LogP contribution in [0.5, 0.6) is 0 Å². The summed E-state index contributed by atoms with van der Waals surface area (Å²) in [6.45, 7) is 1.67. The number of nitrogen functional groups attached to an aromatic ring is 1. The van der Waals surface area contributed by atoms with Crippen LogP contribution in [0.2, 0.25) is 0 Å². The van der Waals surface area contributed by atoms with Gasteiger partial charge in [-0.3, -0.25) is 0 Å². The maximum atomic E-state index is 9.68. The van der Waals surface area contributed by atoms with E-state index in [0.29, 0.717) is 6.54 Å². The maximum absolute atomic E-state index is 9.68. The van der Waals surface area contributed by atoms with Gasteiger partial charge >= 0.3 is 0 Å². The van der Waals surface area contributed by atoms with Gasteiger partial charge in [0.05, 0.1) is 16.3 Å². The molecule has 3 N–H and O–H groups in total. The summed E-state index contributed by atoms with van der Waals surface area (Å²) in [5.74, 6) is 0. The maximum Gasteiger partial charge on any atom is 0.186 e. The molecule has 0 bridgehead atoms. The minimum atomic E-state index is -0.221. The van der Waals surface area contributed by atoms with Crippen molar-refractivity contribution in [2.45, 2.75) is 18.9 Å². The molecule has 0 aliphatic carbocycles. The third kappa shape index (κ3) is 2.08. The van der Waals surface area contributed by atoms with Gasteiger partial charge in [0.2, 0.25) is 0 Å². The molecule has 1 atom stereocenters. The molecule has 5 heteroatoms. The average molecular weight is 249 g/mol. The predicted molar refractivity (Wildman–Crippen MR) is 71.5 cm³/mol. The highest BCUT2D eigenvalue weighted by atomic mass is 32.1. The fraction of sp³-hybridized carbons (Fsp3) is 0.417. The smallest absolute Gasteiger partial charge is 0.186 e. The topological polar surface area (TPSA) is 62.4 Å². The van der Waals surface area contributed by atoms with Crippen molar-refractivity contribution in [1.29, 1.82) is 0 Å². The Bertz CT molecular complexity index is 540. The summed E-state index contributed by atoms with van der Waals surface area (Å²) in [5, 5.41) is 10.7. The van der Waals surface area contributed by atoms with Crippen LogP contribution in [0.1, 0.15) is 12.8 Å². The van der Waals surface area contributed by atoms with E-state index in [2.05, 4.69) is 9.88 Å². The molecule has 2 aromatic rings. The Hall–Kier alpha value is -1.33. The molecule has 17 heavy (non-hydrogen) atoms. The van der Waals surface area contributed by atoms with Crippen molar-refractivity contribution in [2.24, 2.45) is 0 Å². The number of nitrogens with two attached hydrogens (primary N) is 1. The van der Waals surface area contributed by atoms with Gasteiger partial charge in [-0.15, -0.1) is 0 Å². The molecule has 1 saturated heterocycles. The van der Waals surface area contributed by atoms with Crippen molar-refractivity contribution >= 4 is 32.4 Å². The second-order valence-electron chi connectivity index (χ2n) is 4.47. The zero-order chi connectivity index (χ0) is 11.8. The second kappa shape index (κ2) is 4.16. The molecule has 0 saturated carbocycles. The molecule has 1 aliphatic rings. The van der Waals surface area contributed by atoms with E-state index in [-0.39, 0.29) is 6.10 Å². The van der Waals surface area contributed by atoms with Crippen LogP contribution in [-0.4, -0.2) is 29.3 Å². The Morgan fingerprint density at radius 1 is 1.47 bits per heavy atom. The molecule has 2 heterocycles. The van der Waals surface area contributed by atoms with E-state index in [9.17, 15) is 5.11 Å². The molecule has 1 aromatic heterocycles. The van der Waals surface area contributed by atoms with E-state index in [1.54, 1.807) is 11.3 Å². The number of hydrogen-bond acceptors (Lipinski definition) is 5. The summed E-state index contributed by atoms with van der Waals surface area (Å²) >= 11 is 1.66. The molecule has 1 aliphatic heterocycles. The van der Waals surface area contributed by atoms with Crippen LogP contribution in [0.4, 0.5) is 10.8 Å². The molecular weight excluding hydrogens is 234 g/mol. The van der Waals surface area contributed by atoms with Crippen molar-refractivity contribution in [3.63, 3.8) is 0 Å². The van der Waals surface area contributed by atoms with Gasteiger partial charge in [-0.25, -0.2) is 4.98 Å². The van der Waals surface area contributed by atoms with Crippen molar-refractivity contribution in [2.75, 3.05) is 23.7 Å². The van der Waals surface area contributed by atoms with Gasteiger partial charge in [0.15, 0.2) is 5.13 Å². The van der Waals surface area contributed by atoms with E-state index >= 15 is 0 Å². The van der Waals surface area contributed by atoms with Crippen LogP contribution >= 0.6 is 11.3 Å². The molecule has 0 spiro atoms. The fourth-order valence-electron chi connectivity index (χ4n) is 2.20. The van der Waals surface area contributed by atoms with Gasteiger partial charge in [0.1, 0.15) is 0 Å². The first-order valence-corrected chi connectivity index (χ1v) is 6.63. The molecule has 3 rings (SSSR count). The van der Waals surface area contributed by atoms with Crippen LogP contribution in [0.3, 0.4) is 0 Å². The van der Waals surface area contributed by atoms with Crippen LogP contribution < -0.4 is 10.6 Å². The average Bonchev–Trinajstić information content (AvgIpc) is 2.72. The number of anilines is 2. The van der Waals surface area contributed by atoms with Gasteiger partial charge < -0.3 is 15.7 Å². The van der Waals surface area contributed by atoms with Gasteiger partial charge in [0, 0.05) is 18.8 Å². The van der Waals surface area contributed by atoms with Crippen LogP contribution in [0.25, 0.3) is 10.2 Å². The number of benzene rings is 1. The number of aliphatic hydroxyl groups is 1. The standard InChI is InChI=1S/C12H15N3OS/c13-8-3-4-11-10(6-8)14-12(17-11)15-5-1-2-9(16)7-15/h3-4,6,9,16H,1-2,5,7,13H2/t9-/m1/s1. The number of hydrogen-bond donors (Lipinski definition) is 2. The minimum absolute atomic E-state index is 0.221. The number of fused-ring (bicyclic) bond motifs is 1. The summed E-state index contributed by atoms with van der Waals surface area (Å²) in [6.07, 6.45) is 1.70. The lowest BCUT2D eigenvalue weighted by atomic mass is 10.1. The highest BCUT2D eigenvalue weighted by molar-refractivity contribution is 7.22. The SMILES string of the molecule is Nc1ccc2sc(N3CCC[C@@H](O)C3)nc2c1. The highest BCUT2D eigenvalue weighted by Crippen LogP contribution is 2.31. The van der Waals surface area contributed by atoms with Crippen molar-refractivity contribution in [1.82, 2.24) is 4.98 Å². The summed E-state index contributed by atoms with van der Waals surface area (Å²) in [7, 11) is 0. The van der Waals surface area contributed by atoms with Crippen LogP contribution in [0.15, 0.2) is 18.2 Å². The largest absolute Gasteiger partial charge is 0.399 e. The molecular formula is C12H15N3OS. The molecule has 0 radical (unpaired) electrons. The number of thiazole rings is 1.